The summed E-state index contributed by atoms with van der Waals surface area (Å²) in [5, 5.41) is 7.25. The van der Waals surface area contributed by atoms with E-state index in [1.807, 2.05) is 13.8 Å². The Morgan fingerprint density at radius 2 is 2.00 bits per heavy atom. The maximum absolute atomic E-state index is 11.4. The number of hydrogen-bond acceptors (Lipinski definition) is 3. The van der Waals surface area contributed by atoms with Crippen LogP contribution in [0.5, 0.6) is 0 Å². The van der Waals surface area contributed by atoms with Gasteiger partial charge in [0.25, 0.3) is 0 Å². The summed E-state index contributed by atoms with van der Waals surface area (Å²) >= 11 is 0. The predicted molar refractivity (Wildman–Crippen MR) is 57.8 cm³/mol. The van der Waals surface area contributed by atoms with Crippen molar-refractivity contribution in [3.05, 3.63) is 0 Å². The topological polar surface area (TPSA) is 96.0 Å². The van der Waals surface area contributed by atoms with Crippen LogP contribution in [-0.2, 0) is 10.0 Å². The molecule has 0 saturated heterocycles. The van der Waals surface area contributed by atoms with Gasteiger partial charge in [-0.1, -0.05) is 20.8 Å². The molecule has 0 aromatic rings. The molecule has 0 rings (SSSR count). The first-order valence-corrected chi connectivity index (χ1v) is 6.29. The van der Waals surface area contributed by atoms with Crippen LogP contribution in [0.1, 0.15) is 27.2 Å². The molecule has 0 aliphatic rings. The second kappa shape index (κ2) is 5.31. The van der Waals surface area contributed by atoms with Crippen molar-refractivity contribution in [2.75, 3.05) is 5.75 Å². The van der Waals surface area contributed by atoms with E-state index in [1.54, 1.807) is 6.92 Å². The highest BCUT2D eigenvalue weighted by atomic mass is 32.2. The van der Waals surface area contributed by atoms with Gasteiger partial charge in [0.05, 0.1) is 11.8 Å². The van der Waals surface area contributed by atoms with E-state index in [1.165, 1.54) is 0 Å². The van der Waals surface area contributed by atoms with Crippen LogP contribution in [0.25, 0.3) is 0 Å². The average Bonchev–Trinajstić information content (AvgIpc) is 1.99. The van der Waals surface area contributed by atoms with Crippen LogP contribution < -0.4 is 10.5 Å². The first-order valence-electron chi connectivity index (χ1n) is 4.64. The number of hydrogen-bond donors (Lipinski definition) is 3. The van der Waals surface area contributed by atoms with Crippen LogP contribution in [-0.4, -0.2) is 26.0 Å². The molecule has 0 heterocycles. The third-order valence-corrected chi connectivity index (χ3v) is 3.34. The lowest BCUT2D eigenvalue weighted by molar-refractivity contribution is 0.521. The zero-order valence-corrected chi connectivity index (χ0v) is 9.69. The van der Waals surface area contributed by atoms with Crippen molar-refractivity contribution in [2.45, 2.75) is 33.2 Å². The van der Waals surface area contributed by atoms with Gasteiger partial charge in [0.1, 0.15) is 5.84 Å². The third-order valence-electron chi connectivity index (χ3n) is 1.78. The number of rotatable bonds is 6. The molecule has 1 unspecified atom stereocenters. The van der Waals surface area contributed by atoms with Gasteiger partial charge in [0, 0.05) is 0 Å². The molecule has 5 nitrogen and oxygen atoms in total. The molecule has 0 radical (unpaired) electrons. The molecule has 0 fully saturated rings. The molecule has 6 heteroatoms. The molecule has 0 aliphatic heterocycles. The Kier molecular flexibility index (Phi) is 5.07. The molecule has 4 N–H and O–H groups in total. The zero-order chi connectivity index (χ0) is 11.4. The van der Waals surface area contributed by atoms with Crippen molar-refractivity contribution in [2.24, 2.45) is 11.7 Å². The van der Waals surface area contributed by atoms with Crippen LogP contribution >= 0.6 is 0 Å². The van der Waals surface area contributed by atoms with Gasteiger partial charge < -0.3 is 5.73 Å². The normalized spacial score (nSPS) is 14.3. The predicted octanol–water partition coefficient (Wildman–Crippen LogP) is 0.276. The zero-order valence-electron chi connectivity index (χ0n) is 8.87. The molecule has 0 aliphatic carbocycles. The fourth-order valence-electron chi connectivity index (χ4n) is 1.08. The minimum Gasteiger partial charge on any atom is -0.386 e. The van der Waals surface area contributed by atoms with E-state index in [-0.39, 0.29) is 17.5 Å². The van der Waals surface area contributed by atoms with Gasteiger partial charge in [-0.2, -0.15) is 0 Å². The third kappa shape index (κ3) is 4.57. The van der Waals surface area contributed by atoms with Crippen LogP contribution in [0.2, 0.25) is 0 Å². The monoisotopic (exact) mass is 221 g/mol. The molecule has 0 amide bonds. The molecule has 0 aromatic heterocycles. The number of nitrogens with one attached hydrogen (secondary N) is 2. The van der Waals surface area contributed by atoms with Crippen LogP contribution in [0.4, 0.5) is 0 Å². The maximum atomic E-state index is 11.4. The quantitative estimate of drug-likeness (QED) is 0.444. The maximum Gasteiger partial charge on any atom is 0.212 e. The van der Waals surface area contributed by atoms with E-state index in [0.29, 0.717) is 6.42 Å². The van der Waals surface area contributed by atoms with Crippen molar-refractivity contribution in [3.8, 4) is 0 Å². The number of sulfonamides is 1. The van der Waals surface area contributed by atoms with E-state index < -0.39 is 16.1 Å². The Balaban J connectivity index is 4.53. The minimum absolute atomic E-state index is 0.0147. The van der Waals surface area contributed by atoms with Gasteiger partial charge in [-0.3, -0.25) is 5.41 Å². The Morgan fingerprint density at radius 3 is 2.29 bits per heavy atom. The SMILES string of the molecule is CCCS(=O)(=O)NC(C(=N)N)C(C)C. The van der Waals surface area contributed by atoms with Crippen LogP contribution in [0, 0.1) is 11.3 Å². The Bertz CT molecular complexity index is 285. The molecule has 84 valence electrons. The summed E-state index contributed by atoms with van der Waals surface area (Å²) in [4.78, 5) is 0. The van der Waals surface area contributed by atoms with Crippen molar-refractivity contribution in [3.63, 3.8) is 0 Å². The highest BCUT2D eigenvalue weighted by Crippen LogP contribution is 2.03. The number of nitrogens with two attached hydrogens (primary N) is 1. The molecular weight excluding hydrogens is 202 g/mol. The van der Waals surface area contributed by atoms with Gasteiger partial charge in [-0.15, -0.1) is 0 Å². The molecular formula is C8H19N3O2S. The van der Waals surface area contributed by atoms with Crippen LogP contribution in [0.15, 0.2) is 0 Å². The molecule has 0 saturated carbocycles. The summed E-state index contributed by atoms with van der Waals surface area (Å²) in [5.41, 5.74) is 5.30. The molecule has 0 spiro atoms. The van der Waals surface area contributed by atoms with E-state index in [9.17, 15) is 8.42 Å². The fraction of sp³-hybridized carbons (Fsp3) is 0.875. The lowest BCUT2D eigenvalue weighted by atomic mass is 10.1. The minimum atomic E-state index is -3.29. The highest BCUT2D eigenvalue weighted by molar-refractivity contribution is 7.89. The Hall–Kier alpha value is -0.620. The highest BCUT2D eigenvalue weighted by Gasteiger charge is 2.22. The average molecular weight is 221 g/mol. The van der Waals surface area contributed by atoms with Crippen molar-refractivity contribution < 1.29 is 8.42 Å². The summed E-state index contributed by atoms with van der Waals surface area (Å²) in [6.45, 7) is 5.43. The fourth-order valence-corrected chi connectivity index (χ4v) is 2.52. The summed E-state index contributed by atoms with van der Waals surface area (Å²) in [7, 11) is -3.29. The lowest BCUT2D eigenvalue weighted by Crippen LogP contribution is -2.47. The Morgan fingerprint density at radius 1 is 1.50 bits per heavy atom. The molecule has 0 bridgehead atoms. The van der Waals surface area contributed by atoms with Crippen molar-refractivity contribution in [1.82, 2.24) is 4.72 Å². The van der Waals surface area contributed by atoms with E-state index >= 15 is 0 Å². The molecule has 0 aromatic carbocycles. The Labute approximate surface area is 85.6 Å². The molecule has 14 heavy (non-hydrogen) atoms. The van der Waals surface area contributed by atoms with Gasteiger partial charge >= 0.3 is 0 Å². The molecule has 1 atom stereocenters. The van der Waals surface area contributed by atoms with Gasteiger partial charge in [0.15, 0.2) is 0 Å². The standard InChI is InChI=1S/C8H19N3O2S/c1-4-5-14(12,13)11-7(6(2)3)8(9)10/h6-7,11H,4-5H2,1-3H3,(H3,9,10). The van der Waals surface area contributed by atoms with Crippen molar-refractivity contribution >= 4 is 15.9 Å². The summed E-state index contributed by atoms with van der Waals surface area (Å²) < 4.78 is 25.2. The van der Waals surface area contributed by atoms with Gasteiger partial charge in [0.2, 0.25) is 10.0 Å². The summed E-state index contributed by atoms with van der Waals surface area (Å²) in [5.74, 6) is -0.0810. The van der Waals surface area contributed by atoms with Crippen molar-refractivity contribution in [1.29, 1.82) is 5.41 Å². The first-order chi connectivity index (χ1) is 6.30. The summed E-state index contributed by atoms with van der Waals surface area (Å²) in [6.07, 6.45) is 0.554. The largest absolute Gasteiger partial charge is 0.386 e. The van der Waals surface area contributed by atoms with E-state index in [0.717, 1.165) is 0 Å². The van der Waals surface area contributed by atoms with E-state index in [2.05, 4.69) is 4.72 Å². The van der Waals surface area contributed by atoms with Crippen LogP contribution in [0.3, 0.4) is 0 Å². The number of amidine groups is 1. The summed E-state index contributed by atoms with van der Waals surface area (Å²) in [6, 6.07) is -0.591. The lowest BCUT2D eigenvalue weighted by Gasteiger charge is -2.20. The first kappa shape index (κ1) is 13.4. The smallest absolute Gasteiger partial charge is 0.212 e. The second-order valence-electron chi connectivity index (χ2n) is 3.61. The van der Waals surface area contributed by atoms with Gasteiger partial charge in [-0.05, 0) is 12.3 Å². The second-order valence-corrected chi connectivity index (χ2v) is 5.49. The van der Waals surface area contributed by atoms with Gasteiger partial charge in [-0.25, -0.2) is 13.1 Å². The van der Waals surface area contributed by atoms with E-state index in [4.69, 9.17) is 11.1 Å².